The van der Waals surface area contributed by atoms with Crippen LogP contribution in [0.4, 0.5) is 4.39 Å². The maximum Gasteiger partial charge on any atom is 0.336 e. The molecule has 0 aliphatic rings. The molecule has 0 heterocycles. The van der Waals surface area contributed by atoms with Crippen molar-refractivity contribution in [3.05, 3.63) is 47.8 Å². The van der Waals surface area contributed by atoms with E-state index in [0.29, 0.717) is 6.42 Å². The number of aliphatic hydroxyl groups is 1. The van der Waals surface area contributed by atoms with Crippen molar-refractivity contribution in [1.29, 1.82) is 0 Å². The van der Waals surface area contributed by atoms with Crippen molar-refractivity contribution < 1.29 is 19.0 Å². The minimum Gasteiger partial charge on any atom is -0.462 e. The van der Waals surface area contributed by atoms with Gasteiger partial charge in [-0.3, -0.25) is 0 Å². The Balaban J connectivity index is 2.72. The molecule has 4 heteroatoms. The number of rotatable bonds is 5. The Morgan fingerprint density at radius 2 is 2.29 bits per heavy atom. The Labute approximate surface area is 99.5 Å². The SMILES string of the molecule is C=C(C(=O)OCCC)C(O)c1cccc(F)c1. The largest absolute Gasteiger partial charge is 0.462 e. The van der Waals surface area contributed by atoms with Crippen molar-refractivity contribution >= 4 is 5.97 Å². The van der Waals surface area contributed by atoms with Gasteiger partial charge in [0, 0.05) is 0 Å². The predicted octanol–water partition coefficient (Wildman–Crippen LogP) is 2.37. The highest BCUT2D eigenvalue weighted by Crippen LogP contribution is 2.21. The Morgan fingerprint density at radius 3 is 2.88 bits per heavy atom. The fraction of sp³-hybridized carbons (Fsp3) is 0.308. The van der Waals surface area contributed by atoms with E-state index in [1.807, 2.05) is 6.92 Å². The van der Waals surface area contributed by atoms with Gasteiger partial charge < -0.3 is 9.84 Å². The van der Waals surface area contributed by atoms with Crippen LogP contribution in [0.2, 0.25) is 0 Å². The number of carbonyl (C=O) groups is 1. The lowest BCUT2D eigenvalue weighted by Gasteiger charge is -2.13. The van der Waals surface area contributed by atoms with Gasteiger partial charge in [0.05, 0.1) is 12.2 Å². The fourth-order valence-corrected chi connectivity index (χ4v) is 1.28. The minimum absolute atomic E-state index is 0.0935. The van der Waals surface area contributed by atoms with Gasteiger partial charge in [-0.15, -0.1) is 0 Å². The van der Waals surface area contributed by atoms with Crippen LogP contribution in [0.25, 0.3) is 0 Å². The molecule has 0 aliphatic heterocycles. The van der Waals surface area contributed by atoms with E-state index in [4.69, 9.17) is 4.74 Å². The van der Waals surface area contributed by atoms with Gasteiger partial charge in [0.25, 0.3) is 0 Å². The van der Waals surface area contributed by atoms with E-state index in [1.54, 1.807) is 0 Å². The molecule has 0 aliphatic carbocycles. The van der Waals surface area contributed by atoms with Crippen LogP contribution in [-0.4, -0.2) is 17.7 Å². The van der Waals surface area contributed by atoms with Gasteiger partial charge in [0.1, 0.15) is 11.9 Å². The summed E-state index contributed by atoms with van der Waals surface area (Å²) >= 11 is 0. The van der Waals surface area contributed by atoms with Crippen LogP contribution in [0.5, 0.6) is 0 Å². The summed E-state index contributed by atoms with van der Waals surface area (Å²) in [6.45, 7) is 5.60. The Kier molecular flexibility index (Phi) is 4.84. The van der Waals surface area contributed by atoms with Crippen LogP contribution in [0, 0.1) is 5.82 Å². The Hall–Kier alpha value is -1.68. The highest BCUT2D eigenvalue weighted by molar-refractivity contribution is 5.89. The number of aliphatic hydroxyl groups excluding tert-OH is 1. The van der Waals surface area contributed by atoms with Crippen molar-refractivity contribution in [1.82, 2.24) is 0 Å². The van der Waals surface area contributed by atoms with E-state index in [1.165, 1.54) is 18.2 Å². The van der Waals surface area contributed by atoms with Crippen LogP contribution < -0.4 is 0 Å². The molecule has 0 aromatic heterocycles. The average molecular weight is 238 g/mol. The first-order valence-corrected chi connectivity index (χ1v) is 5.35. The first-order valence-electron chi connectivity index (χ1n) is 5.35. The van der Waals surface area contributed by atoms with E-state index < -0.39 is 17.9 Å². The zero-order valence-corrected chi connectivity index (χ0v) is 9.65. The van der Waals surface area contributed by atoms with E-state index in [2.05, 4.69) is 6.58 Å². The summed E-state index contributed by atoms with van der Waals surface area (Å²) in [5, 5.41) is 9.82. The molecule has 0 amide bonds. The maximum absolute atomic E-state index is 12.9. The Morgan fingerprint density at radius 1 is 1.59 bits per heavy atom. The molecular formula is C13H15FO3. The van der Waals surface area contributed by atoms with Crippen LogP contribution in [0.15, 0.2) is 36.4 Å². The van der Waals surface area contributed by atoms with E-state index in [0.717, 1.165) is 6.07 Å². The lowest BCUT2D eigenvalue weighted by molar-refractivity contribution is -0.140. The first-order chi connectivity index (χ1) is 8.06. The predicted molar refractivity (Wildman–Crippen MR) is 61.7 cm³/mol. The number of benzene rings is 1. The first kappa shape index (κ1) is 13.4. The minimum atomic E-state index is -1.24. The molecule has 1 rings (SSSR count). The molecule has 0 radical (unpaired) electrons. The molecule has 1 aromatic carbocycles. The number of ether oxygens (including phenoxy) is 1. The smallest absolute Gasteiger partial charge is 0.336 e. The van der Waals surface area contributed by atoms with Crippen molar-refractivity contribution in [2.75, 3.05) is 6.61 Å². The second kappa shape index (κ2) is 6.15. The van der Waals surface area contributed by atoms with Crippen molar-refractivity contribution in [3.8, 4) is 0 Å². The molecule has 1 N–H and O–H groups in total. The third-order valence-corrected chi connectivity index (χ3v) is 2.19. The molecule has 0 fully saturated rings. The number of halogens is 1. The van der Waals surface area contributed by atoms with Crippen LogP contribution >= 0.6 is 0 Å². The van der Waals surface area contributed by atoms with Gasteiger partial charge >= 0.3 is 5.97 Å². The van der Waals surface area contributed by atoms with Crippen LogP contribution in [-0.2, 0) is 9.53 Å². The normalized spacial score (nSPS) is 11.9. The summed E-state index contributed by atoms with van der Waals surface area (Å²) in [6, 6.07) is 5.39. The fourth-order valence-electron chi connectivity index (χ4n) is 1.28. The molecule has 0 spiro atoms. The van der Waals surface area contributed by atoms with Gasteiger partial charge in [0.15, 0.2) is 0 Å². The topological polar surface area (TPSA) is 46.5 Å². The molecule has 0 saturated heterocycles. The summed E-state index contributed by atoms with van der Waals surface area (Å²) in [6.07, 6.45) is -0.551. The number of hydrogen-bond acceptors (Lipinski definition) is 3. The molecule has 17 heavy (non-hydrogen) atoms. The molecule has 3 nitrogen and oxygen atoms in total. The highest BCUT2D eigenvalue weighted by Gasteiger charge is 2.19. The zero-order valence-electron chi connectivity index (χ0n) is 9.65. The second-order valence-electron chi connectivity index (χ2n) is 3.62. The van der Waals surface area contributed by atoms with Crippen molar-refractivity contribution in [2.45, 2.75) is 19.4 Å². The lowest BCUT2D eigenvalue weighted by atomic mass is 10.0. The third kappa shape index (κ3) is 3.67. The molecule has 1 atom stereocenters. The second-order valence-corrected chi connectivity index (χ2v) is 3.62. The zero-order chi connectivity index (χ0) is 12.8. The highest BCUT2D eigenvalue weighted by atomic mass is 19.1. The molecule has 0 saturated carbocycles. The van der Waals surface area contributed by atoms with Crippen LogP contribution in [0.1, 0.15) is 25.0 Å². The summed E-state index contributed by atoms with van der Waals surface area (Å²) in [7, 11) is 0. The van der Waals surface area contributed by atoms with Crippen LogP contribution in [0.3, 0.4) is 0 Å². The molecule has 1 aromatic rings. The number of hydrogen-bond donors (Lipinski definition) is 1. The maximum atomic E-state index is 12.9. The molecule has 1 unspecified atom stereocenters. The summed E-state index contributed by atoms with van der Waals surface area (Å²) in [5.41, 5.74) is 0.187. The monoisotopic (exact) mass is 238 g/mol. The standard InChI is InChI=1S/C13H15FO3/c1-3-7-17-13(16)9(2)12(15)10-5-4-6-11(14)8-10/h4-6,8,12,15H,2-3,7H2,1H3. The summed E-state index contributed by atoms with van der Waals surface area (Å²) in [5.74, 6) is -1.14. The lowest BCUT2D eigenvalue weighted by Crippen LogP contribution is -2.14. The van der Waals surface area contributed by atoms with Gasteiger partial charge in [-0.05, 0) is 24.1 Å². The van der Waals surface area contributed by atoms with Crippen molar-refractivity contribution in [3.63, 3.8) is 0 Å². The molecule has 0 bridgehead atoms. The van der Waals surface area contributed by atoms with Gasteiger partial charge in [0.2, 0.25) is 0 Å². The summed E-state index contributed by atoms with van der Waals surface area (Å²) < 4.78 is 17.8. The summed E-state index contributed by atoms with van der Waals surface area (Å²) in [4.78, 5) is 11.4. The number of esters is 1. The third-order valence-electron chi connectivity index (χ3n) is 2.19. The quantitative estimate of drug-likeness (QED) is 0.632. The number of carbonyl (C=O) groups excluding carboxylic acids is 1. The van der Waals surface area contributed by atoms with E-state index in [9.17, 15) is 14.3 Å². The molecule has 92 valence electrons. The van der Waals surface area contributed by atoms with Gasteiger partial charge in [-0.25, -0.2) is 9.18 Å². The molecular weight excluding hydrogens is 223 g/mol. The van der Waals surface area contributed by atoms with Crippen molar-refractivity contribution in [2.24, 2.45) is 0 Å². The van der Waals surface area contributed by atoms with E-state index in [-0.39, 0.29) is 17.7 Å². The van der Waals surface area contributed by atoms with Gasteiger partial charge in [-0.1, -0.05) is 25.6 Å². The van der Waals surface area contributed by atoms with Gasteiger partial charge in [-0.2, -0.15) is 0 Å². The average Bonchev–Trinajstić information content (AvgIpc) is 2.34. The Bertz CT molecular complexity index is 415. The van der Waals surface area contributed by atoms with E-state index >= 15 is 0 Å².